The van der Waals surface area contributed by atoms with Crippen LogP contribution in [0.4, 0.5) is 10.7 Å². The number of nitrogens with one attached hydrogen (secondary N) is 1. The van der Waals surface area contributed by atoms with Crippen molar-refractivity contribution in [2.75, 3.05) is 38.2 Å². The van der Waals surface area contributed by atoms with Crippen LogP contribution in [0.15, 0.2) is 65.5 Å². The van der Waals surface area contributed by atoms with Gasteiger partial charge in [-0.3, -0.25) is 14.2 Å². The van der Waals surface area contributed by atoms with Gasteiger partial charge in [0.05, 0.1) is 24.1 Å². The number of hydrogen-bond acceptors (Lipinski definition) is 8. The zero-order valence-electron chi connectivity index (χ0n) is 22.5. The fourth-order valence-corrected chi connectivity index (χ4v) is 4.66. The first-order valence-corrected chi connectivity index (χ1v) is 12.9. The molecule has 0 bridgehead atoms. The number of esters is 1. The number of pyridine rings is 1. The number of aromatic nitrogens is 3. The van der Waals surface area contributed by atoms with Crippen LogP contribution in [0.25, 0.3) is 16.7 Å². The SMILES string of the molecule is COC(=O)c1ccc(CNC(=O)c2ccc(-n3c(=O)ccc4c(C)nc(N5CCN(C(=O)O)CC5)nc43)cc2)cc1. The van der Waals surface area contributed by atoms with Gasteiger partial charge in [0.1, 0.15) is 0 Å². The van der Waals surface area contributed by atoms with Gasteiger partial charge in [0, 0.05) is 49.7 Å². The van der Waals surface area contributed by atoms with Gasteiger partial charge < -0.3 is 25.0 Å². The molecule has 2 amide bonds. The third kappa shape index (κ3) is 5.71. The van der Waals surface area contributed by atoms with Crippen molar-refractivity contribution in [2.24, 2.45) is 0 Å². The molecular formula is C29H28N6O6. The molecule has 0 unspecified atom stereocenters. The monoisotopic (exact) mass is 556 g/mol. The van der Waals surface area contributed by atoms with Crippen LogP contribution in [0.5, 0.6) is 0 Å². The normalized spacial score (nSPS) is 13.2. The van der Waals surface area contributed by atoms with Gasteiger partial charge in [-0.05, 0) is 55.0 Å². The Labute approximate surface area is 234 Å². The summed E-state index contributed by atoms with van der Waals surface area (Å²) in [6.07, 6.45) is -0.958. The second kappa shape index (κ2) is 11.5. The molecule has 0 atom stereocenters. The van der Waals surface area contributed by atoms with Crippen molar-refractivity contribution in [2.45, 2.75) is 13.5 Å². The maximum absolute atomic E-state index is 13.0. The Hall–Kier alpha value is -5.26. The van der Waals surface area contributed by atoms with E-state index in [0.29, 0.717) is 65.7 Å². The number of nitrogens with zero attached hydrogens (tertiary/aromatic N) is 5. The van der Waals surface area contributed by atoms with Crippen molar-refractivity contribution in [3.05, 3.63) is 93.4 Å². The highest BCUT2D eigenvalue weighted by Gasteiger charge is 2.23. The molecule has 5 rings (SSSR count). The first kappa shape index (κ1) is 27.3. The van der Waals surface area contributed by atoms with Gasteiger partial charge in [0.25, 0.3) is 11.5 Å². The van der Waals surface area contributed by atoms with Crippen LogP contribution in [0, 0.1) is 6.92 Å². The van der Waals surface area contributed by atoms with Crippen molar-refractivity contribution in [1.29, 1.82) is 0 Å². The number of rotatable bonds is 6. The lowest BCUT2D eigenvalue weighted by atomic mass is 10.1. The van der Waals surface area contributed by atoms with E-state index >= 15 is 0 Å². The molecule has 0 radical (unpaired) electrons. The van der Waals surface area contributed by atoms with E-state index in [9.17, 15) is 24.3 Å². The number of ether oxygens (including phenoxy) is 1. The molecule has 0 spiro atoms. The molecule has 2 N–H and O–H groups in total. The summed E-state index contributed by atoms with van der Waals surface area (Å²) in [7, 11) is 1.32. The number of carbonyl (C=O) groups excluding carboxylic acids is 2. The summed E-state index contributed by atoms with van der Waals surface area (Å²) < 4.78 is 6.17. The third-order valence-electron chi connectivity index (χ3n) is 6.98. The Morgan fingerprint density at radius 3 is 2.20 bits per heavy atom. The van der Waals surface area contributed by atoms with Crippen LogP contribution >= 0.6 is 0 Å². The number of benzene rings is 2. The lowest BCUT2D eigenvalue weighted by Gasteiger charge is -2.33. The molecular weight excluding hydrogens is 528 g/mol. The van der Waals surface area contributed by atoms with Gasteiger partial charge in [-0.2, -0.15) is 4.98 Å². The maximum Gasteiger partial charge on any atom is 0.407 e. The van der Waals surface area contributed by atoms with Crippen molar-refractivity contribution in [1.82, 2.24) is 24.8 Å². The average Bonchev–Trinajstić information content (AvgIpc) is 2.99. The zero-order valence-corrected chi connectivity index (χ0v) is 22.5. The summed E-state index contributed by atoms with van der Waals surface area (Å²) >= 11 is 0. The van der Waals surface area contributed by atoms with Gasteiger partial charge in [-0.15, -0.1) is 0 Å². The van der Waals surface area contributed by atoms with Gasteiger partial charge in [-0.1, -0.05) is 12.1 Å². The highest BCUT2D eigenvalue weighted by molar-refractivity contribution is 5.94. The molecule has 1 fully saturated rings. The van der Waals surface area contributed by atoms with E-state index in [-0.39, 0.29) is 18.0 Å². The summed E-state index contributed by atoms with van der Waals surface area (Å²) in [6, 6.07) is 16.5. The first-order chi connectivity index (χ1) is 19.7. The molecule has 2 aromatic carbocycles. The predicted molar refractivity (Wildman–Crippen MR) is 151 cm³/mol. The standard InChI is InChI=1S/C29H28N6O6/c1-18-23-11-12-24(36)35(25(23)32-28(31-18)33-13-15-34(16-14-33)29(39)40)22-9-7-20(8-10-22)26(37)30-17-19-3-5-21(6-4-19)27(38)41-2/h3-12H,13-17H2,1-2H3,(H,30,37)(H,39,40). The summed E-state index contributed by atoms with van der Waals surface area (Å²) in [4.78, 5) is 61.3. The summed E-state index contributed by atoms with van der Waals surface area (Å²) in [6.45, 7) is 3.65. The summed E-state index contributed by atoms with van der Waals surface area (Å²) in [5, 5.41) is 12.8. The molecule has 0 saturated carbocycles. The van der Waals surface area contributed by atoms with Crippen molar-refractivity contribution >= 4 is 35.0 Å². The Balaban J connectivity index is 1.36. The minimum absolute atomic E-state index is 0.268. The Kier molecular flexibility index (Phi) is 7.64. The number of hydrogen-bond donors (Lipinski definition) is 2. The Morgan fingerprint density at radius 2 is 1.56 bits per heavy atom. The van der Waals surface area contributed by atoms with Crippen LogP contribution < -0.4 is 15.8 Å². The molecule has 1 saturated heterocycles. The quantitative estimate of drug-likeness (QED) is 0.342. The lowest BCUT2D eigenvalue weighted by Crippen LogP contribution is -2.48. The molecule has 210 valence electrons. The van der Waals surface area contributed by atoms with Crippen molar-refractivity contribution in [3.8, 4) is 5.69 Å². The van der Waals surface area contributed by atoms with E-state index < -0.39 is 12.1 Å². The first-order valence-electron chi connectivity index (χ1n) is 12.9. The number of aryl methyl sites for hydroxylation is 1. The molecule has 41 heavy (non-hydrogen) atoms. The molecule has 0 aliphatic carbocycles. The molecule has 2 aromatic heterocycles. The van der Waals surface area contributed by atoms with Crippen LogP contribution in [0.1, 0.15) is 32.0 Å². The molecule has 12 nitrogen and oxygen atoms in total. The number of fused-ring (bicyclic) bond motifs is 1. The average molecular weight is 557 g/mol. The topological polar surface area (TPSA) is 147 Å². The predicted octanol–water partition coefficient (Wildman–Crippen LogP) is 2.61. The van der Waals surface area contributed by atoms with Gasteiger partial charge >= 0.3 is 12.1 Å². The molecule has 1 aliphatic heterocycles. The smallest absolute Gasteiger partial charge is 0.407 e. The number of carboxylic acid groups (broad SMARTS) is 1. The van der Waals surface area contributed by atoms with E-state index in [0.717, 1.165) is 5.56 Å². The lowest BCUT2D eigenvalue weighted by molar-refractivity contribution is 0.0600. The second-order valence-corrected chi connectivity index (χ2v) is 9.53. The molecule has 1 aliphatic rings. The van der Waals surface area contributed by atoms with E-state index in [4.69, 9.17) is 9.72 Å². The zero-order chi connectivity index (χ0) is 29.1. The van der Waals surface area contributed by atoms with Crippen LogP contribution in [0.3, 0.4) is 0 Å². The summed E-state index contributed by atoms with van der Waals surface area (Å²) in [5.41, 5.74) is 3.02. The Morgan fingerprint density at radius 1 is 0.902 bits per heavy atom. The van der Waals surface area contributed by atoms with E-state index in [2.05, 4.69) is 10.3 Å². The van der Waals surface area contributed by atoms with E-state index in [1.807, 2.05) is 11.8 Å². The Bertz CT molecular complexity index is 1680. The van der Waals surface area contributed by atoms with Crippen molar-refractivity contribution in [3.63, 3.8) is 0 Å². The number of amides is 2. The van der Waals surface area contributed by atoms with Gasteiger partial charge in [-0.25, -0.2) is 14.6 Å². The minimum atomic E-state index is -0.958. The van der Waals surface area contributed by atoms with E-state index in [1.54, 1.807) is 54.6 Å². The van der Waals surface area contributed by atoms with Gasteiger partial charge in [0.15, 0.2) is 5.65 Å². The van der Waals surface area contributed by atoms with E-state index in [1.165, 1.54) is 22.6 Å². The maximum atomic E-state index is 13.0. The van der Waals surface area contributed by atoms with Crippen molar-refractivity contribution < 1.29 is 24.2 Å². The molecule has 3 heterocycles. The highest BCUT2D eigenvalue weighted by Crippen LogP contribution is 2.22. The number of anilines is 1. The van der Waals surface area contributed by atoms with Crippen LogP contribution in [-0.4, -0.2) is 75.8 Å². The fourth-order valence-electron chi connectivity index (χ4n) is 4.66. The van der Waals surface area contributed by atoms with Gasteiger partial charge in [0.2, 0.25) is 5.95 Å². The highest BCUT2D eigenvalue weighted by atomic mass is 16.5. The molecule has 4 aromatic rings. The number of carbonyl (C=O) groups is 3. The number of piperazine rings is 1. The van der Waals surface area contributed by atoms with Crippen LogP contribution in [-0.2, 0) is 11.3 Å². The minimum Gasteiger partial charge on any atom is -0.465 e. The second-order valence-electron chi connectivity index (χ2n) is 9.53. The van der Waals surface area contributed by atoms with Crippen LogP contribution in [0.2, 0.25) is 0 Å². The molecule has 12 heteroatoms. The number of methoxy groups -OCH3 is 1. The fraction of sp³-hybridized carbons (Fsp3) is 0.241. The summed E-state index contributed by atoms with van der Waals surface area (Å²) in [5.74, 6) is -0.294. The largest absolute Gasteiger partial charge is 0.465 e. The third-order valence-corrected chi connectivity index (χ3v) is 6.98.